The number of pyridine rings is 1. The fourth-order valence-electron chi connectivity index (χ4n) is 4.57. The minimum absolute atomic E-state index is 0.0127. The van der Waals surface area contributed by atoms with Gasteiger partial charge in [-0.15, -0.1) is 10.2 Å². The summed E-state index contributed by atoms with van der Waals surface area (Å²) >= 11 is 14.0. The van der Waals surface area contributed by atoms with Gasteiger partial charge in [0.1, 0.15) is 10.8 Å². The van der Waals surface area contributed by atoms with Crippen LogP contribution in [0.15, 0.2) is 46.6 Å². The van der Waals surface area contributed by atoms with Crippen LogP contribution < -0.4 is 16.4 Å². The van der Waals surface area contributed by atoms with Gasteiger partial charge in [0.2, 0.25) is 5.95 Å². The molecule has 4 N–H and O–H groups in total. The molecule has 160 valence electrons. The molecule has 10 heteroatoms. The molecular formula is C21H21Cl2N7S. The summed E-state index contributed by atoms with van der Waals surface area (Å²) in [6, 6.07) is 7.85. The first-order chi connectivity index (χ1) is 15.0. The largest absolute Gasteiger partial charge is 0.382 e. The lowest BCUT2D eigenvalue weighted by molar-refractivity contribution is 0.186. The van der Waals surface area contributed by atoms with Crippen molar-refractivity contribution in [2.24, 2.45) is 11.1 Å². The highest BCUT2D eigenvalue weighted by Gasteiger charge is 2.46. The van der Waals surface area contributed by atoms with E-state index in [-0.39, 0.29) is 11.5 Å². The van der Waals surface area contributed by atoms with E-state index < -0.39 is 0 Å². The third-order valence-electron chi connectivity index (χ3n) is 6.34. The number of nitrogens with two attached hydrogens (primary N) is 2. The van der Waals surface area contributed by atoms with Crippen LogP contribution in [0, 0.1) is 5.41 Å². The number of aromatic nitrogens is 4. The average Bonchev–Trinajstić information content (AvgIpc) is 3.06. The molecule has 1 atom stereocenters. The predicted octanol–water partition coefficient (Wildman–Crippen LogP) is 4.15. The maximum absolute atomic E-state index is 6.68. The number of benzene rings is 1. The first kappa shape index (κ1) is 20.8. The summed E-state index contributed by atoms with van der Waals surface area (Å²) in [6.07, 6.45) is 6.18. The van der Waals surface area contributed by atoms with Crippen molar-refractivity contribution in [3.05, 3.63) is 57.8 Å². The molecule has 0 amide bonds. The minimum atomic E-state index is 0.0127. The van der Waals surface area contributed by atoms with Crippen LogP contribution in [0.3, 0.4) is 0 Å². The zero-order valence-corrected chi connectivity index (χ0v) is 19.0. The second-order valence-corrected chi connectivity index (χ2v) is 9.87. The third kappa shape index (κ3) is 3.71. The summed E-state index contributed by atoms with van der Waals surface area (Å²) in [5.74, 6) is 0.918. The van der Waals surface area contributed by atoms with E-state index >= 15 is 0 Å². The van der Waals surface area contributed by atoms with Gasteiger partial charge in [0.05, 0.1) is 11.2 Å². The van der Waals surface area contributed by atoms with Crippen molar-refractivity contribution in [2.45, 2.75) is 35.2 Å². The van der Waals surface area contributed by atoms with Crippen molar-refractivity contribution in [2.75, 3.05) is 23.7 Å². The summed E-state index contributed by atoms with van der Waals surface area (Å²) in [5, 5.41) is 10.5. The van der Waals surface area contributed by atoms with Crippen molar-refractivity contribution >= 4 is 46.7 Å². The molecule has 0 unspecified atom stereocenters. The highest BCUT2D eigenvalue weighted by molar-refractivity contribution is 7.99. The van der Waals surface area contributed by atoms with Gasteiger partial charge >= 0.3 is 0 Å². The van der Waals surface area contributed by atoms with Crippen LogP contribution >= 0.6 is 35.0 Å². The van der Waals surface area contributed by atoms with Gasteiger partial charge in [0.15, 0.2) is 0 Å². The molecule has 7 nitrogen and oxygen atoms in total. The van der Waals surface area contributed by atoms with Crippen LogP contribution in [0.4, 0.5) is 11.8 Å². The molecule has 0 radical (unpaired) electrons. The van der Waals surface area contributed by atoms with Crippen molar-refractivity contribution in [3.8, 4) is 0 Å². The summed E-state index contributed by atoms with van der Waals surface area (Å²) < 4.78 is 0. The van der Waals surface area contributed by atoms with Gasteiger partial charge < -0.3 is 16.4 Å². The predicted molar refractivity (Wildman–Crippen MR) is 124 cm³/mol. The van der Waals surface area contributed by atoms with Crippen molar-refractivity contribution in [1.82, 2.24) is 20.2 Å². The van der Waals surface area contributed by atoms with Crippen LogP contribution in [0.2, 0.25) is 10.0 Å². The van der Waals surface area contributed by atoms with Gasteiger partial charge in [0.25, 0.3) is 0 Å². The number of anilines is 2. The molecule has 1 aliphatic carbocycles. The van der Waals surface area contributed by atoms with E-state index in [1.54, 1.807) is 18.5 Å². The Morgan fingerprint density at radius 2 is 1.90 bits per heavy atom. The monoisotopic (exact) mass is 473 g/mol. The molecule has 1 saturated heterocycles. The lowest BCUT2D eigenvalue weighted by atomic mass is 9.73. The number of nitrogen functional groups attached to an aromatic ring is 1. The van der Waals surface area contributed by atoms with E-state index in [0.717, 1.165) is 42.3 Å². The van der Waals surface area contributed by atoms with Crippen molar-refractivity contribution < 1.29 is 0 Å². The molecule has 2 aliphatic rings. The van der Waals surface area contributed by atoms with Gasteiger partial charge in [-0.25, -0.2) is 9.97 Å². The fraction of sp³-hybridized carbons (Fsp3) is 0.333. The Bertz CT molecular complexity index is 1120. The number of nitrogens with zero attached hydrogens (tertiary/aromatic N) is 5. The zero-order valence-electron chi connectivity index (χ0n) is 16.6. The van der Waals surface area contributed by atoms with Crippen LogP contribution in [0.1, 0.15) is 30.0 Å². The van der Waals surface area contributed by atoms with E-state index in [0.29, 0.717) is 21.8 Å². The molecule has 0 bridgehead atoms. The third-order valence-corrected chi connectivity index (χ3v) is 8.16. The van der Waals surface area contributed by atoms with Crippen LogP contribution in [-0.2, 0) is 6.42 Å². The smallest absolute Gasteiger partial charge is 0.245 e. The quantitative estimate of drug-likeness (QED) is 0.583. The number of hydrogen-bond acceptors (Lipinski definition) is 8. The average molecular weight is 474 g/mol. The minimum Gasteiger partial charge on any atom is -0.382 e. The normalized spacial score (nSPS) is 19.6. The highest BCUT2D eigenvalue weighted by atomic mass is 35.5. The van der Waals surface area contributed by atoms with E-state index in [1.807, 2.05) is 12.1 Å². The molecule has 5 rings (SSSR count). The van der Waals surface area contributed by atoms with E-state index in [4.69, 9.17) is 34.7 Å². The molecule has 1 aromatic carbocycles. The Kier molecular flexibility index (Phi) is 5.42. The van der Waals surface area contributed by atoms with Gasteiger partial charge in [0, 0.05) is 35.2 Å². The second-order valence-electron chi connectivity index (χ2n) is 8.02. The van der Waals surface area contributed by atoms with Gasteiger partial charge in [-0.05, 0) is 47.9 Å². The first-order valence-electron chi connectivity index (χ1n) is 10.0. The SMILES string of the molecule is Nc1nccc(Sc2cnc(N3CCC4(CC3)Cc3c(Cl)cccc3[C@H]4N)nn2)c1Cl. The molecule has 1 spiro atoms. The Morgan fingerprint density at radius 3 is 2.61 bits per heavy atom. The molecule has 0 saturated carbocycles. The second kappa shape index (κ2) is 8.09. The number of rotatable bonds is 3. The first-order valence-corrected chi connectivity index (χ1v) is 11.6. The van der Waals surface area contributed by atoms with Gasteiger partial charge in [-0.1, -0.05) is 47.1 Å². The van der Waals surface area contributed by atoms with E-state index in [9.17, 15) is 0 Å². The Labute approximate surface area is 194 Å². The summed E-state index contributed by atoms with van der Waals surface area (Å²) in [4.78, 5) is 11.4. The van der Waals surface area contributed by atoms with Crippen molar-refractivity contribution in [3.63, 3.8) is 0 Å². The molecule has 2 aromatic heterocycles. The topological polar surface area (TPSA) is 107 Å². The lowest BCUT2D eigenvalue weighted by Gasteiger charge is -2.42. The van der Waals surface area contributed by atoms with Crippen LogP contribution in [-0.4, -0.2) is 33.3 Å². The number of piperidine rings is 1. The number of fused-ring (bicyclic) bond motifs is 1. The standard InChI is InChI=1S/C21H21Cl2N7S/c22-14-3-1-2-12-13(14)10-21(18(12)24)5-8-30(9-6-21)20-27-11-16(28-29-20)31-15-4-7-26-19(25)17(15)23/h1-4,7,11,18H,5-6,8-10,24H2,(H2,25,26)/t18-/m1/s1. The van der Waals surface area contributed by atoms with Gasteiger partial charge in [-0.2, -0.15) is 0 Å². The highest BCUT2D eigenvalue weighted by Crippen LogP contribution is 2.52. The van der Waals surface area contributed by atoms with Crippen LogP contribution in [0.5, 0.6) is 0 Å². The molecule has 3 aromatic rings. The summed E-state index contributed by atoms with van der Waals surface area (Å²) in [5.41, 5.74) is 14.9. The molecule has 31 heavy (non-hydrogen) atoms. The van der Waals surface area contributed by atoms with Crippen molar-refractivity contribution in [1.29, 1.82) is 0 Å². The van der Waals surface area contributed by atoms with E-state index in [1.165, 1.54) is 22.9 Å². The van der Waals surface area contributed by atoms with E-state index in [2.05, 4.69) is 31.1 Å². The molecule has 1 aliphatic heterocycles. The maximum atomic E-state index is 6.68. The number of hydrogen-bond donors (Lipinski definition) is 2. The van der Waals surface area contributed by atoms with Crippen LogP contribution in [0.25, 0.3) is 0 Å². The molecule has 1 fully saturated rings. The number of halogens is 2. The maximum Gasteiger partial charge on any atom is 0.245 e. The Hall–Kier alpha value is -2.13. The summed E-state index contributed by atoms with van der Waals surface area (Å²) in [6.45, 7) is 1.67. The van der Waals surface area contributed by atoms with Gasteiger partial charge in [-0.3, -0.25) is 0 Å². The fourth-order valence-corrected chi connectivity index (χ4v) is 5.78. The molecule has 3 heterocycles. The molecular weight excluding hydrogens is 453 g/mol. The Balaban J connectivity index is 1.26. The zero-order chi connectivity index (χ0) is 21.6. The summed E-state index contributed by atoms with van der Waals surface area (Å²) in [7, 11) is 0. The lowest BCUT2D eigenvalue weighted by Crippen LogP contribution is -2.45. The Morgan fingerprint density at radius 1 is 1.10 bits per heavy atom.